The molecular weight excluding hydrogens is 613 g/mol. The zero-order valence-corrected chi connectivity index (χ0v) is 25.7. The van der Waals surface area contributed by atoms with E-state index in [0.29, 0.717) is 16.2 Å². The number of rotatable bonds is 9. The molecule has 0 aromatic heterocycles. The Bertz CT molecular complexity index is 1120. The van der Waals surface area contributed by atoms with Crippen molar-refractivity contribution < 1.29 is 34.3 Å². The zero-order valence-electron chi connectivity index (χ0n) is 23.5. The van der Waals surface area contributed by atoms with Crippen LogP contribution in [0.4, 0.5) is 0 Å². The molecule has 1 fully saturated rings. The van der Waals surface area contributed by atoms with Crippen LogP contribution < -0.4 is 0 Å². The number of aliphatic imine (C=N–C) groups is 1. The van der Waals surface area contributed by atoms with E-state index < -0.39 is 51.0 Å². The molecule has 216 valence electrons. The van der Waals surface area contributed by atoms with Gasteiger partial charge in [-0.3, -0.25) is 0 Å². The average molecular weight is 656 g/mol. The van der Waals surface area contributed by atoms with Gasteiger partial charge in [-0.15, -0.1) is 0 Å². The summed E-state index contributed by atoms with van der Waals surface area (Å²) in [5, 5.41) is 30.3. The number of allylic oxidation sites excluding steroid dienone is 3. The molecule has 2 heterocycles. The SMILES string of the molecule is CCc1ccc(C2=C(CC3=C(OC)C=C(OC)CC3)C(O[C@H]3C[C@@H](O)[C@H](O)[C@@H](CO)O3)=NCI2C(C)C)cc1. The Morgan fingerprint density at radius 3 is 2.46 bits per heavy atom. The van der Waals surface area contributed by atoms with E-state index >= 15 is 0 Å². The van der Waals surface area contributed by atoms with Gasteiger partial charge in [0.2, 0.25) is 0 Å². The van der Waals surface area contributed by atoms with Crippen molar-refractivity contribution in [1.82, 2.24) is 0 Å². The summed E-state index contributed by atoms with van der Waals surface area (Å²) in [4.78, 5) is 4.98. The van der Waals surface area contributed by atoms with Gasteiger partial charge >= 0.3 is 239 Å². The molecule has 39 heavy (non-hydrogen) atoms. The molecule has 1 aliphatic carbocycles. The van der Waals surface area contributed by atoms with Crippen LogP contribution in [-0.2, 0) is 25.4 Å². The van der Waals surface area contributed by atoms with Crippen molar-refractivity contribution in [2.24, 2.45) is 4.99 Å². The van der Waals surface area contributed by atoms with Crippen molar-refractivity contribution in [2.45, 2.75) is 81.4 Å². The number of aliphatic hydroxyl groups excluding tert-OH is 3. The van der Waals surface area contributed by atoms with Gasteiger partial charge in [-0.05, 0) is 0 Å². The zero-order chi connectivity index (χ0) is 28.1. The number of ether oxygens (including phenoxy) is 4. The molecule has 0 bridgehead atoms. The van der Waals surface area contributed by atoms with Crippen LogP contribution in [0.2, 0.25) is 0 Å². The van der Waals surface area contributed by atoms with Crippen LogP contribution in [0.3, 0.4) is 0 Å². The number of hydrogen-bond donors (Lipinski definition) is 3. The van der Waals surface area contributed by atoms with E-state index in [9.17, 15) is 15.3 Å². The molecule has 0 saturated carbocycles. The number of methoxy groups -OCH3 is 2. The fraction of sp³-hybridized carbons (Fsp3) is 0.567. The molecule has 2 aliphatic heterocycles. The Morgan fingerprint density at radius 1 is 1.10 bits per heavy atom. The van der Waals surface area contributed by atoms with Gasteiger partial charge in [0.25, 0.3) is 0 Å². The summed E-state index contributed by atoms with van der Waals surface area (Å²) in [7, 11) is 3.36. The third kappa shape index (κ3) is 6.87. The molecule has 0 amide bonds. The first-order valence-electron chi connectivity index (χ1n) is 13.6. The van der Waals surface area contributed by atoms with Gasteiger partial charge in [0.05, 0.1) is 0 Å². The van der Waals surface area contributed by atoms with Crippen LogP contribution in [0.15, 0.2) is 58.0 Å². The van der Waals surface area contributed by atoms with Crippen molar-refractivity contribution in [3.63, 3.8) is 0 Å². The van der Waals surface area contributed by atoms with E-state index in [-0.39, 0.29) is 6.42 Å². The standard InChI is InChI=1S/C30H42INO7/c1-6-19-7-9-20(10-8-19)28-23(13-21-11-12-22(36-4)14-25(21)37-5)30(32-17-31(28)18(2)3)39-27-15-24(34)29(35)26(16-33)38-27/h7-10,14,18,24,26-27,29,33-35H,6,11-13,15-17H2,1-5H3/t24-,26-,27+,29+/m1/s1. The van der Waals surface area contributed by atoms with Crippen molar-refractivity contribution >= 4 is 29.3 Å². The molecule has 4 rings (SSSR count). The van der Waals surface area contributed by atoms with Gasteiger partial charge in [-0.2, -0.15) is 0 Å². The minimum atomic E-state index is -1.76. The van der Waals surface area contributed by atoms with E-state index in [4.69, 9.17) is 23.9 Å². The van der Waals surface area contributed by atoms with Gasteiger partial charge in [-0.1, -0.05) is 0 Å². The molecule has 3 N–H and O–H groups in total. The summed E-state index contributed by atoms with van der Waals surface area (Å²) in [6.45, 7) is 6.31. The van der Waals surface area contributed by atoms with E-state index in [2.05, 4.69) is 45.0 Å². The van der Waals surface area contributed by atoms with Crippen LogP contribution in [0, 0.1) is 0 Å². The number of hydrogen-bond acceptors (Lipinski definition) is 8. The predicted molar refractivity (Wildman–Crippen MR) is 161 cm³/mol. The van der Waals surface area contributed by atoms with E-state index in [1.807, 2.05) is 6.08 Å². The fourth-order valence-corrected chi connectivity index (χ4v) is 10.5. The maximum atomic E-state index is 10.4. The second-order valence-corrected chi connectivity index (χ2v) is 16.7. The molecule has 8 nitrogen and oxygen atoms in total. The molecule has 1 aromatic rings. The molecule has 0 unspecified atom stereocenters. The quantitative estimate of drug-likeness (QED) is 0.201. The summed E-state index contributed by atoms with van der Waals surface area (Å²) in [6, 6.07) is 8.84. The van der Waals surface area contributed by atoms with Gasteiger partial charge in [0.15, 0.2) is 0 Å². The van der Waals surface area contributed by atoms with Gasteiger partial charge in [0, 0.05) is 0 Å². The Labute approximate surface area is 238 Å². The van der Waals surface area contributed by atoms with Crippen LogP contribution in [-0.4, -0.2) is 75.1 Å². The monoisotopic (exact) mass is 655 g/mol. The topological polar surface area (TPSA) is 110 Å². The number of aryl methyl sites for hydroxylation is 1. The Morgan fingerprint density at radius 2 is 1.85 bits per heavy atom. The van der Waals surface area contributed by atoms with Gasteiger partial charge in [-0.25, -0.2) is 0 Å². The average Bonchev–Trinajstić information content (AvgIpc) is 2.95. The Hall–Kier alpha value is -1.92. The Kier molecular flexibility index (Phi) is 10.5. The van der Waals surface area contributed by atoms with Crippen molar-refractivity contribution in [2.75, 3.05) is 25.4 Å². The molecule has 0 spiro atoms. The predicted octanol–water partition coefficient (Wildman–Crippen LogP) is 4.70. The summed E-state index contributed by atoms with van der Waals surface area (Å²) >= 11 is -1.76. The summed E-state index contributed by atoms with van der Waals surface area (Å²) < 4.78 is 26.1. The van der Waals surface area contributed by atoms with Crippen LogP contribution in [0.1, 0.15) is 57.6 Å². The number of benzene rings is 1. The molecule has 0 radical (unpaired) electrons. The first kappa shape index (κ1) is 30.0. The molecule has 3 aliphatic rings. The van der Waals surface area contributed by atoms with Gasteiger partial charge < -0.3 is 0 Å². The van der Waals surface area contributed by atoms with Crippen molar-refractivity contribution in [3.05, 3.63) is 64.1 Å². The first-order chi connectivity index (χ1) is 18.8. The van der Waals surface area contributed by atoms with E-state index in [0.717, 1.165) is 46.5 Å². The van der Waals surface area contributed by atoms with Crippen LogP contribution >= 0.6 is 19.8 Å². The molecule has 1 saturated heterocycles. The normalized spacial score (nSPS) is 26.9. The third-order valence-electron chi connectivity index (χ3n) is 7.39. The van der Waals surface area contributed by atoms with E-state index in [1.54, 1.807) is 14.2 Å². The number of nitrogens with zero attached hydrogens (tertiary/aromatic N) is 1. The molecule has 9 heteroatoms. The second kappa shape index (κ2) is 13.6. The number of halogens is 1. The Balaban J connectivity index is 1.79. The molecular formula is C30H42INO7. The first-order valence-corrected chi connectivity index (χ1v) is 17.5. The maximum absolute atomic E-state index is 10.4. The van der Waals surface area contributed by atoms with Crippen LogP contribution in [0.5, 0.6) is 0 Å². The number of alkyl halides is 2. The van der Waals surface area contributed by atoms with Crippen LogP contribution in [0.25, 0.3) is 3.58 Å². The minimum absolute atomic E-state index is 0.0863. The summed E-state index contributed by atoms with van der Waals surface area (Å²) in [5.41, 5.74) is 4.68. The van der Waals surface area contributed by atoms with Crippen molar-refractivity contribution in [1.29, 1.82) is 0 Å². The third-order valence-corrected chi connectivity index (χ3v) is 14.1. The number of aliphatic hydroxyl groups is 3. The van der Waals surface area contributed by atoms with E-state index in [1.165, 1.54) is 14.7 Å². The van der Waals surface area contributed by atoms with Crippen molar-refractivity contribution in [3.8, 4) is 0 Å². The summed E-state index contributed by atoms with van der Waals surface area (Å²) in [6.07, 6.45) is 1.25. The van der Waals surface area contributed by atoms with Gasteiger partial charge in [0.1, 0.15) is 0 Å². The summed E-state index contributed by atoms with van der Waals surface area (Å²) in [5.74, 6) is 2.20. The second-order valence-electron chi connectivity index (χ2n) is 10.2. The fourth-order valence-electron chi connectivity index (χ4n) is 5.07. The molecule has 1 aromatic carbocycles. The molecule has 4 atom stereocenters.